The maximum atomic E-state index is 11.8. The monoisotopic (exact) mass is 290 g/mol. The molecule has 0 spiro atoms. The molecule has 4 nitrogen and oxygen atoms in total. The van der Waals surface area contributed by atoms with Gasteiger partial charge in [-0.3, -0.25) is 0 Å². The summed E-state index contributed by atoms with van der Waals surface area (Å²) in [6.07, 6.45) is 3.00. The first kappa shape index (κ1) is 16.9. The molecule has 0 amide bonds. The smallest absolute Gasteiger partial charge is 0.151 e. The van der Waals surface area contributed by atoms with E-state index in [1.54, 1.807) is 0 Å². The highest BCUT2D eigenvalue weighted by Crippen LogP contribution is 2.10. The van der Waals surface area contributed by atoms with Crippen LogP contribution < -0.4 is 5.32 Å². The molecule has 1 aliphatic rings. The van der Waals surface area contributed by atoms with Gasteiger partial charge in [0.05, 0.1) is 5.75 Å². The summed E-state index contributed by atoms with van der Waals surface area (Å²) in [5.41, 5.74) is 0. The van der Waals surface area contributed by atoms with Gasteiger partial charge in [-0.2, -0.15) is 0 Å². The molecule has 114 valence electrons. The van der Waals surface area contributed by atoms with E-state index in [0.29, 0.717) is 30.0 Å². The molecule has 1 rings (SSSR count). The Morgan fingerprint density at radius 3 is 2.68 bits per heavy atom. The first-order valence-electron chi connectivity index (χ1n) is 7.59. The molecule has 5 heteroatoms. The van der Waals surface area contributed by atoms with E-state index in [0.717, 1.165) is 38.9 Å². The van der Waals surface area contributed by atoms with Crippen molar-refractivity contribution in [2.75, 3.05) is 37.7 Å². The van der Waals surface area contributed by atoms with Gasteiger partial charge < -0.3 is 10.2 Å². The molecule has 0 saturated carbocycles. The van der Waals surface area contributed by atoms with E-state index in [1.165, 1.54) is 0 Å². The highest BCUT2D eigenvalue weighted by Gasteiger charge is 2.20. The number of nitrogens with zero attached hydrogens (tertiary/aromatic N) is 1. The van der Waals surface area contributed by atoms with Crippen LogP contribution in [0.1, 0.15) is 40.0 Å². The SMILES string of the molecule is CCCS(=O)(=O)CCN1CCCNC(CC(C)C)C1. The summed E-state index contributed by atoms with van der Waals surface area (Å²) in [7, 11) is -2.85. The Morgan fingerprint density at radius 1 is 1.32 bits per heavy atom. The quantitative estimate of drug-likeness (QED) is 0.772. The molecule has 0 aromatic carbocycles. The Balaban J connectivity index is 2.43. The first-order valence-corrected chi connectivity index (χ1v) is 9.41. The van der Waals surface area contributed by atoms with Gasteiger partial charge in [0.15, 0.2) is 9.84 Å². The number of hydrogen-bond acceptors (Lipinski definition) is 4. The second kappa shape index (κ2) is 8.22. The molecule has 0 bridgehead atoms. The molecule has 1 aliphatic heterocycles. The van der Waals surface area contributed by atoms with E-state index in [9.17, 15) is 8.42 Å². The van der Waals surface area contributed by atoms with Gasteiger partial charge in [0.2, 0.25) is 0 Å². The Hall–Kier alpha value is -0.130. The van der Waals surface area contributed by atoms with E-state index in [2.05, 4.69) is 24.1 Å². The van der Waals surface area contributed by atoms with Crippen molar-refractivity contribution in [1.82, 2.24) is 10.2 Å². The van der Waals surface area contributed by atoms with Gasteiger partial charge in [-0.15, -0.1) is 0 Å². The van der Waals surface area contributed by atoms with Crippen LogP contribution in [0, 0.1) is 5.92 Å². The van der Waals surface area contributed by atoms with E-state index in [1.807, 2.05) is 6.92 Å². The van der Waals surface area contributed by atoms with Gasteiger partial charge in [0, 0.05) is 24.9 Å². The highest BCUT2D eigenvalue weighted by atomic mass is 32.2. The number of rotatable bonds is 7. The molecule has 1 heterocycles. The maximum Gasteiger partial charge on any atom is 0.151 e. The Kier molecular flexibility index (Phi) is 7.32. The number of hydrogen-bond donors (Lipinski definition) is 1. The van der Waals surface area contributed by atoms with E-state index in [-0.39, 0.29) is 0 Å². The Bertz CT molecular complexity index is 341. The highest BCUT2D eigenvalue weighted by molar-refractivity contribution is 7.91. The van der Waals surface area contributed by atoms with Crippen molar-refractivity contribution < 1.29 is 8.42 Å². The van der Waals surface area contributed by atoms with Gasteiger partial charge in [-0.05, 0) is 38.3 Å². The summed E-state index contributed by atoms with van der Waals surface area (Å²) < 4.78 is 23.6. The van der Waals surface area contributed by atoms with Crippen LogP contribution in [0.5, 0.6) is 0 Å². The maximum absolute atomic E-state index is 11.8. The summed E-state index contributed by atoms with van der Waals surface area (Å²) in [5, 5.41) is 3.57. The van der Waals surface area contributed by atoms with Gasteiger partial charge in [-0.25, -0.2) is 8.42 Å². The van der Waals surface area contributed by atoms with Crippen molar-refractivity contribution in [3.8, 4) is 0 Å². The summed E-state index contributed by atoms with van der Waals surface area (Å²) in [6, 6.07) is 0.511. The molecule has 0 aliphatic carbocycles. The van der Waals surface area contributed by atoms with Gasteiger partial charge >= 0.3 is 0 Å². The molecule has 1 unspecified atom stereocenters. The fourth-order valence-electron chi connectivity index (χ4n) is 2.69. The second-order valence-electron chi connectivity index (χ2n) is 6.09. The fourth-order valence-corrected chi connectivity index (χ4v) is 4.05. The van der Waals surface area contributed by atoms with Crippen LogP contribution >= 0.6 is 0 Å². The van der Waals surface area contributed by atoms with Crippen LogP contribution in [0.15, 0.2) is 0 Å². The Morgan fingerprint density at radius 2 is 2.05 bits per heavy atom. The second-order valence-corrected chi connectivity index (χ2v) is 8.39. The van der Waals surface area contributed by atoms with Crippen molar-refractivity contribution in [2.45, 2.75) is 46.1 Å². The first-order chi connectivity index (χ1) is 8.93. The molecule has 1 saturated heterocycles. The number of sulfone groups is 1. The van der Waals surface area contributed by atoms with Crippen LogP contribution in [-0.2, 0) is 9.84 Å². The Labute approximate surface area is 118 Å². The summed E-state index contributed by atoms with van der Waals surface area (Å²) in [5.74, 6) is 1.32. The minimum atomic E-state index is -2.85. The van der Waals surface area contributed by atoms with Crippen molar-refractivity contribution in [3.63, 3.8) is 0 Å². The molecule has 0 aromatic rings. The van der Waals surface area contributed by atoms with E-state index >= 15 is 0 Å². The molecular weight excluding hydrogens is 260 g/mol. The van der Waals surface area contributed by atoms with Gasteiger partial charge in [0.25, 0.3) is 0 Å². The molecular formula is C14H30N2O2S. The zero-order valence-corrected chi connectivity index (χ0v) is 13.5. The minimum Gasteiger partial charge on any atom is -0.313 e. The van der Waals surface area contributed by atoms with Crippen molar-refractivity contribution >= 4 is 9.84 Å². The third kappa shape index (κ3) is 7.28. The zero-order chi connectivity index (χ0) is 14.3. The lowest BCUT2D eigenvalue weighted by atomic mass is 10.0. The predicted molar refractivity (Wildman–Crippen MR) is 81.2 cm³/mol. The summed E-state index contributed by atoms with van der Waals surface area (Å²) in [6.45, 7) is 10.1. The largest absolute Gasteiger partial charge is 0.313 e. The normalized spacial score (nSPS) is 22.6. The summed E-state index contributed by atoms with van der Waals surface area (Å²) in [4.78, 5) is 2.32. The third-order valence-corrected chi connectivity index (χ3v) is 5.39. The zero-order valence-electron chi connectivity index (χ0n) is 12.7. The molecule has 1 atom stereocenters. The van der Waals surface area contributed by atoms with Crippen molar-refractivity contribution in [3.05, 3.63) is 0 Å². The third-order valence-electron chi connectivity index (χ3n) is 3.55. The predicted octanol–water partition coefficient (Wildman–Crippen LogP) is 1.52. The minimum absolute atomic E-state index is 0.315. The van der Waals surface area contributed by atoms with Crippen LogP contribution in [-0.4, -0.2) is 57.0 Å². The lowest BCUT2D eigenvalue weighted by molar-refractivity contribution is 0.267. The summed E-state index contributed by atoms with van der Waals surface area (Å²) >= 11 is 0. The molecule has 1 N–H and O–H groups in total. The van der Waals surface area contributed by atoms with Crippen LogP contribution in [0.4, 0.5) is 0 Å². The van der Waals surface area contributed by atoms with E-state index < -0.39 is 9.84 Å². The van der Waals surface area contributed by atoms with Crippen LogP contribution in [0.3, 0.4) is 0 Å². The lowest BCUT2D eigenvalue weighted by Gasteiger charge is -2.25. The van der Waals surface area contributed by atoms with Crippen LogP contribution in [0.25, 0.3) is 0 Å². The van der Waals surface area contributed by atoms with Crippen LogP contribution in [0.2, 0.25) is 0 Å². The van der Waals surface area contributed by atoms with E-state index in [4.69, 9.17) is 0 Å². The average Bonchev–Trinajstić information content (AvgIpc) is 2.51. The molecule has 19 heavy (non-hydrogen) atoms. The van der Waals surface area contributed by atoms with Gasteiger partial charge in [-0.1, -0.05) is 20.8 Å². The lowest BCUT2D eigenvalue weighted by Crippen LogP contribution is -2.40. The van der Waals surface area contributed by atoms with Gasteiger partial charge in [0.1, 0.15) is 0 Å². The molecule has 0 aromatic heterocycles. The molecule has 0 radical (unpaired) electrons. The standard InChI is InChI=1S/C14H30N2O2S/c1-4-9-19(17,18)10-8-16-7-5-6-15-14(12-16)11-13(2)3/h13-15H,4-12H2,1-3H3. The average molecular weight is 290 g/mol. The topological polar surface area (TPSA) is 49.4 Å². The van der Waals surface area contributed by atoms with Crippen molar-refractivity contribution in [2.24, 2.45) is 5.92 Å². The van der Waals surface area contributed by atoms with Crippen molar-refractivity contribution in [1.29, 1.82) is 0 Å². The fraction of sp³-hybridized carbons (Fsp3) is 1.00. The molecule has 1 fully saturated rings. The number of nitrogens with one attached hydrogen (secondary N) is 1.